The summed E-state index contributed by atoms with van der Waals surface area (Å²) in [6.07, 6.45) is 2.02. The number of esters is 1. The predicted molar refractivity (Wildman–Crippen MR) is 156 cm³/mol. The fraction of sp³-hybridized carbons (Fsp3) is 0.138. The first kappa shape index (κ1) is 27.7. The van der Waals surface area contributed by atoms with Crippen molar-refractivity contribution in [3.05, 3.63) is 114 Å². The zero-order chi connectivity index (χ0) is 27.8. The minimum atomic E-state index is -3.88. The van der Waals surface area contributed by atoms with Crippen LogP contribution in [0.25, 0.3) is 17.3 Å². The molecule has 1 heterocycles. The summed E-state index contributed by atoms with van der Waals surface area (Å²) in [5.74, 6) is -0.551. The molecule has 0 amide bonds. The maximum atomic E-state index is 12.8. The standard InChI is InChI=1S/C29H28N4O4S2/c1-3-30-29(38)32-39(35,36)24-17-15-23(16-18-24)33-27(20-26(31-33)28(34)37-4-2)25(22-13-9-6-10-14-22)19-21-11-7-5-8-12-21/h5-20H,3-4H2,1-2H3,(H2,30,32,38)/b25-19+. The number of thiocarbonyl (C=S) groups is 1. The van der Waals surface area contributed by atoms with Crippen molar-refractivity contribution in [2.24, 2.45) is 0 Å². The van der Waals surface area contributed by atoms with E-state index in [0.717, 1.165) is 16.7 Å². The van der Waals surface area contributed by atoms with E-state index >= 15 is 0 Å². The van der Waals surface area contributed by atoms with E-state index in [1.165, 1.54) is 12.1 Å². The second-order valence-corrected chi connectivity index (χ2v) is 10.4. The number of benzene rings is 3. The number of nitrogens with one attached hydrogen (secondary N) is 2. The summed E-state index contributed by atoms with van der Waals surface area (Å²) in [7, 11) is -3.88. The first-order valence-corrected chi connectivity index (χ1v) is 14.2. The molecule has 4 aromatic rings. The molecule has 3 aromatic carbocycles. The number of aromatic nitrogens is 2. The van der Waals surface area contributed by atoms with E-state index in [1.807, 2.05) is 73.7 Å². The van der Waals surface area contributed by atoms with E-state index in [4.69, 9.17) is 17.0 Å². The molecular formula is C29H28N4O4S2. The molecule has 0 saturated heterocycles. The van der Waals surface area contributed by atoms with Crippen molar-refractivity contribution in [1.29, 1.82) is 0 Å². The fourth-order valence-electron chi connectivity index (χ4n) is 3.86. The Balaban J connectivity index is 1.83. The third-order valence-electron chi connectivity index (χ3n) is 5.62. The Morgan fingerprint density at radius 2 is 1.62 bits per heavy atom. The van der Waals surface area contributed by atoms with Crippen LogP contribution in [0.1, 0.15) is 41.2 Å². The Morgan fingerprint density at radius 3 is 2.23 bits per heavy atom. The van der Waals surface area contributed by atoms with Crippen molar-refractivity contribution in [3.63, 3.8) is 0 Å². The van der Waals surface area contributed by atoms with Crippen molar-refractivity contribution in [1.82, 2.24) is 19.8 Å². The lowest BCUT2D eigenvalue weighted by Crippen LogP contribution is -2.38. The van der Waals surface area contributed by atoms with Gasteiger partial charge >= 0.3 is 5.97 Å². The Morgan fingerprint density at radius 1 is 0.974 bits per heavy atom. The topological polar surface area (TPSA) is 102 Å². The van der Waals surface area contributed by atoms with E-state index in [-0.39, 0.29) is 22.3 Å². The van der Waals surface area contributed by atoms with Gasteiger partial charge in [0.05, 0.1) is 22.9 Å². The summed E-state index contributed by atoms with van der Waals surface area (Å²) in [5, 5.41) is 7.34. The molecule has 0 atom stereocenters. The highest BCUT2D eigenvalue weighted by atomic mass is 32.2. The largest absolute Gasteiger partial charge is 0.461 e. The normalized spacial score (nSPS) is 11.6. The molecule has 1 aromatic heterocycles. The van der Waals surface area contributed by atoms with Crippen LogP contribution in [0.15, 0.2) is 95.9 Å². The third kappa shape index (κ3) is 6.78. The summed E-state index contributed by atoms with van der Waals surface area (Å²) in [5.41, 5.74) is 4.03. The van der Waals surface area contributed by atoms with Gasteiger partial charge in [0.15, 0.2) is 10.8 Å². The molecule has 0 unspecified atom stereocenters. The molecule has 0 aliphatic heterocycles. The van der Waals surface area contributed by atoms with Crippen LogP contribution < -0.4 is 10.0 Å². The molecule has 8 nitrogen and oxygen atoms in total. The highest BCUT2D eigenvalue weighted by Gasteiger charge is 2.21. The van der Waals surface area contributed by atoms with Gasteiger partial charge in [-0.1, -0.05) is 60.7 Å². The lowest BCUT2D eigenvalue weighted by molar-refractivity contribution is 0.0519. The van der Waals surface area contributed by atoms with Gasteiger partial charge in [0.2, 0.25) is 0 Å². The van der Waals surface area contributed by atoms with Gasteiger partial charge in [-0.25, -0.2) is 17.9 Å². The Hall–Kier alpha value is -4.28. The molecule has 0 fully saturated rings. The fourth-order valence-corrected chi connectivity index (χ4v) is 5.26. The molecule has 39 heavy (non-hydrogen) atoms. The van der Waals surface area contributed by atoms with Crippen LogP contribution in [0.5, 0.6) is 0 Å². The summed E-state index contributed by atoms with van der Waals surface area (Å²) in [6, 6.07) is 27.4. The number of carbonyl (C=O) groups excluding carboxylic acids is 1. The maximum absolute atomic E-state index is 12.8. The molecule has 0 saturated carbocycles. The lowest BCUT2D eigenvalue weighted by Gasteiger charge is -2.13. The highest BCUT2D eigenvalue weighted by molar-refractivity contribution is 7.91. The second-order valence-electron chi connectivity index (χ2n) is 8.34. The summed E-state index contributed by atoms with van der Waals surface area (Å²) < 4.78 is 34.7. The van der Waals surface area contributed by atoms with Gasteiger partial charge < -0.3 is 10.1 Å². The summed E-state index contributed by atoms with van der Waals surface area (Å²) >= 11 is 5.03. The molecule has 200 valence electrons. The number of rotatable bonds is 9. The number of carbonyl (C=O) groups is 1. The van der Waals surface area contributed by atoms with Crippen LogP contribution in [-0.2, 0) is 14.8 Å². The average Bonchev–Trinajstić information content (AvgIpc) is 3.38. The quantitative estimate of drug-likeness (QED) is 0.172. The number of hydrogen-bond acceptors (Lipinski definition) is 6. The second kappa shape index (κ2) is 12.5. The van der Waals surface area contributed by atoms with Crippen LogP contribution >= 0.6 is 12.2 Å². The van der Waals surface area contributed by atoms with Crippen LogP contribution in [0, 0.1) is 0 Å². The Bertz CT molecular complexity index is 1580. The lowest BCUT2D eigenvalue weighted by atomic mass is 9.99. The monoisotopic (exact) mass is 560 g/mol. The molecule has 0 aliphatic rings. The SMILES string of the molecule is CCNC(=S)NS(=O)(=O)c1ccc(-n2nc(C(=O)OCC)cc2/C(=C/c2ccccc2)c2ccccc2)cc1. The maximum Gasteiger partial charge on any atom is 0.358 e. The van der Waals surface area contributed by atoms with Gasteiger partial charge in [0, 0.05) is 12.1 Å². The minimum Gasteiger partial charge on any atom is -0.461 e. The van der Waals surface area contributed by atoms with Crippen molar-refractivity contribution in [2.45, 2.75) is 18.7 Å². The summed E-state index contributed by atoms with van der Waals surface area (Å²) in [4.78, 5) is 12.7. The Labute approximate surface area is 233 Å². The first-order valence-electron chi connectivity index (χ1n) is 12.3. The highest BCUT2D eigenvalue weighted by Crippen LogP contribution is 2.29. The molecule has 0 aliphatic carbocycles. The van der Waals surface area contributed by atoms with Gasteiger partial charge in [-0.3, -0.25) is 4.72 Å². The molecule has 10 heteroatoms. The molecule has 0 radical (unpaired) electrons. The van der Waals surface area contributed by atoms with Gasteiger partial charge in [0.1, 0.15) is 0 Å². The van der Waals surface area contributed by atoms with Crippen LogP contribution in [-0.4, -0.2) is 42.4 Å². The smallest absolute Gasteiger partial charge is 0.358 e. The Kier molecular flexibility index (Phi) is 8.90. The number of sulfonamides is 1. The van der Waals surface area contributed by atoms with Crippen LogP contribution in [0.4, 0.5) is 0 Å². The number of hydrogen-bond donors (Lipinski definition) is 2. The van der Waals surface area contributed by atoms with Crippen LogP contribution in [0.2, 0.25) is 0 Å². The van der Waals surface area contributed by atoms with Gasteiger partial charge in [-0.2, -0.15) is 5.10 Å². The zero-order valence-corrected chi connectivity index (χ0v) is 23.1. The minimum absolute atomic E-state index is 0.0218. The molecular weight excluding hydrogens is 532 g/mol. The number of ether oxygens (including phenoxy) is 1. The molecule has 4 rings (SSSR count). The van der Waals surface area contributed by atoms with Crippen molar-refractivity contribution >= 4 is 45.0 Å². The first-order chi connectivity index (χ1) is 18.8. The van der Waals surface area contributed by atoms with E-state index < -0.39 is 16.0 Å². The van der Waals surface area contributed by atoms with Gasteiger partial charge in [-0.05, 0) is 73.6 Å². The van der Waals surface area contributed by atoms with Gasteiger partial charge in [0.25, 0.3) is 10.0 Å². The molecule has 0 spiro atoms. The number of nitrogens with zero attached hydrogens (tertiary/aromatic N) is 2. The van der Waals surface area contributed by atoms with E-state index in [2.05, 4.69) is 15.1 Å². The van der Waals surface area contributed by atoms with E-state index in [9.17, 15) is 13.2 Å². The summed E-state index contributed by atoms with van der Waals surface area (Å²) in [6.45, 7) is 4.25. The van der Waals surface area contributed by atoms with Crippen molar-refractivity contribution in [2.75, 3.05) is 13.2 Å². The van der Waals surface area contributed by atoms with Crippen molar-refractivity contribution in [3.8, 4) is 5.69 Å². The van der Waals surface area contributed by atoms with E-state index in [0.29, 0.717) is 17.9 Å². The zero-order valence-electron chi connectivity index (χ0n) is 21.5. The third-order valence-corrected chi connectivity index (χ3v) is 7.36. The van der Waals surface area contributed by atoms with Crippen LogP contribution in [0.3, 0.4) is 0 Å². The van der Waals surface area contributed by atoms with E-state index in [1.54, 1.807) is 29.8 Å². The molecule has 0 bridgehead atoms. The average molecular weight is 561 g/mol. The molecule has 2 N–H and O–H groups in total. The van der Waals surface area contributed by atoms with Gasteiger partial charge in [-0.15, -0.1) is 0 Å². The predicted octanol–water partition coefficient (Wildman–Crippen LogP) is 4.81. The van der Waals surface area contributed by atoms with Crippen molar-refractivity contribution < 1.29 is 17.9 Å².